The molecule has 0 heterocycles. The monoisotopic (exact) mass is 311 g/mol. The molecule has 2 aromatic carbocycles. The predicted octanol–water partition coefficient (Wildman–Crippen LogP) is 1.04. The fraction of sp³-hybridized carbons (Fsp3) is 0.176. The molecule has 118 valence electrons. The van der Waals surface area contributed by atoms with E-state index in [9.17, 15) is 14.7 Å². The van der Waals surface area contributed by atoms with Gasteiger partial charge in [0.1, 0.15) is 11.3 Å². The number of hydrogen-bond acceptors (Lipinski definition) is 4. The molecule has 3 rings (SSSR count). The number of aromatic hydroxyl groups is 1. The number of carbonyl (C=O) groups is 2. The molecule has 2 aromatic rings. The number of hydrazine groups is 1. The maximum Gasteiger partial charge on any atom is 0.260 e. The number of carbonyl (C=O) groups excluding carboxylic acids is 2. The van der Waals surface area contributed by atoms with Gasteiger partial charge in [0.2, 0.25) is 0 Å². The van der Waals surface area contributed by atoms with Crippen molar-refractivity contribution in [1.82, 2.24) is 10.7 Å². The summed E-state index contributed by atoms with van der Waals surface area (Å²) >= 11 is 0. The third kappa shape index (κ3) is 2.76. The second-order valence-electron chi connectivity index (χ2n) is 5.62. The fourth-order valence-corrected chi connectivity index (χ4v) is 2.85. The fourth-order valence-electron chi connectivity index (χ4n) is 2.85. The minimum absolute atomic E-state index is 0.117. The molecule has 0 aliphatic heterocycles. The van der Waals surface area contributed by atoms with Gasteiger partial charge in [-0.15, -0.1) is 0 Å². The van der Waals surface area contributed by atoms with Gasteiger partial charge in [-0.25, -0.2) is 5.84 Å². The van der Waals surface area contributed by atoms with Crippen LogP contribution in [0, 0.1) is 0 Å². The van der Waals surface area contributed by atoms with Crippen LogP contribution in [0.25, 0.3) is 0 Å². The zero-order chi connectivity index (χ0) is 16.4. The van der Waals surface area contributed by atoms with Crippen LogP contribution in [0.1, 0.15) is 28.3 Å². The average Bonchev–Trinajstić information content (AvgIpc) is 3.30. The highest BCUT2D eigenvalue weighted by molar-refractivity contribution is 6.01. The molecule has 0 saturated heterocycles. The van der Waals surface area contributed by atoms with Gasteiger partial charge in [0, 0.05) is 11.5 Å². The van der Waals surface area contributed by atoms with E-state index in [-0.39, 0.29) is 17.6 Å². The Bertz CT molecular complexity index is 748. The molecule has 5 N–H and O–H groups in total. The van der Waals surface area contributed by atoms with E-state index in [2.05, 4.69) is 10.7 Å². The van der Waals surface area contributed by atoms with Crippen LogP contribution in [-0.2, 0) is 4.79 Å². The lowest BCUT2D eigenvalue weighted by molar-refractivity contribution is -0.124. The van der Waals surface area contributed by atoms with Crippen molar-refractivity contribution >= 4 is 11.8 Å². The van der Waals surface area contributed by atoms with Gasteiger partial charge in [0.25, 0.3) is 11.8 Å². The van der Waals surface area contributed by atoms with Crippen molar-refractivity contribution in [2.24, 2.45) is 5.84 Å². The summed E-state index contributed by atoms with van der Waals surface area (Å²) in [5.74, 6) is 4.38. The molecular weight excluding hydrogens is 294 g/mol. The molecule has 2 atom stereocenters. The van der Waals surface area contributed by atoms with Gasteiger partial charge in [-0.05, 0) is 36.2 Å². The first kappa shape index (κ1) is 15.1. The second kappa shape index (κ2) is 5.73. The molecular formula is C17H17N3O3. The Morgan fingerprint density at radius 1 is 1.13 bits per heavy atom. The molecule has 0 spiro atoms. The van der Waals surface area contributed by atoms with Gasteiger partial charge in [0.15, 0.2) is 0 Å². The minimum atomic E-state index is -1.09. The van der Waals surface area contributed by atoms with Crippen molar-refractivity contribution < 1.29 is 14.7 Å². The Labute approximate surface area is 133 Å². The SMILES string of the molecule is NNC(=O)[C@]1(NC(=O)c2ccccc2)CC1c1cccc(O)c1. The van der Waals surface area contributed by atoms with Crippen LogP contribution < -0.4 is 16.6 Å². The summed E-state index contributed by atoms with van der Waals surface area (Å²) in [6.07, 6.45) is 0.429. The van der Waals surface area contributed by atoms with Crippen LogP contribution in [0.2, 0.25) is 0 Å². The summed E-state index contributed by atoms with van der Waals surface area (Å²) < 4.78 is 0. The van der Waals surface area contributed by atoms with Crippen LogP contribution in [0.5, 0.6) is 5.75 Å². The van der Waals surface area contributed by atoms with E-state index < -0.39 is 11.4 Å². The van der Waals surface area contributed by atoms with Crippen LogP contribution in [0.4, 0.5) is 0 Å². The van der Waals surface area contributed by atoms with Crippen molar-refractivity contribution in [3.63, 3.8) is 0 Å². The number of nitrogens with two attached hydrogens (primary N) is 1. The zero-order valence-electron chi connectivity index (χ0n) is 12.3. The Morgan fingerprint density at radius 3 is 2.52 bits per heavy atom. The lowest BCUT2D eigenvalue weighted by atomic mass is 10.0. The van der Waals surface area contributed by atoms with E-state index in [1.54, 1.807) is 42.5 Å². The molecule has 2 amide bonds. The van der Waals surface area contributed by atoms with E-state index >= 15 is 0 Å². The Hall–Kier alpha value is -2.86. The first-order valence-corrected chi connectivity index (χ1v) is 7.24. The molecule has 23 heavy (non-hydrogen) atoms. The number of benzene rings is 2. The number of amides is 2. The second-order valence-corrected chi connectivity index (χ2v) is 5.62. The molecule has 1 aliphatic rings. The van der Waals surface area contributed by atoms with Crippen LogP contribution in [0.3, 0.4) is 0 Å². The summed E-state index contributed by atoms with van der Waals surface area (Å²) in [5.41, 5.74) is 2.29. The summed E-state index contributed by atoms with van der Waals surface area (Å²) in [6, 6.07) is 15.3. The standard InChI is InChI=1S/C17H17N3O3/c18-20-16(23)17(19-15(22)11-5-2-1-3-6-11)10-14(17)12-7-4-8-13(21)9-12/h1-9,14,21H,10,18H2,(H,19,22)(H,20,23)/t14?,17-/m0/s1. The smallest absolute Gasteiger partial charge is 0.260 e. The van der Waals surface area contributed by atoms with E-state index in [1.165, 1.54) is 0 Å². The highest BCUT2D eigenvalue weighted by Crippen LogP contribution is 2.52. The van der Waals surface area contributed by atoms with Crippen LogP contribution >= 0.6 is 0 Å². The van der Waals surface area contributed by atoms with Gasteiger partial charge in [0.05, 0.1) is 0 Å². The Kier molecular flexibility index (Phi) is 3.75. The van der Waals surface area contributed by atoms with E-state index in [0.717, 1.165) is 5.56 Å². The summed E-state index contributed by atoms with van der Waals surface area (Å²) in [7, 11) is 0. The molecule has 1 saturated carbocycles. The number of phenolic OH excluding ortho intramolecular Hbond substituents is 1. The number of phenols is 1. The first-order valence-electron chi connectivity index (χ1n) is 7.24. The van der Waals surface area contributed by atoms with Gasteiger partial charge < -0.3 is 10.4 Å². The molecule has 0 aromatic heterocycles. The summed E-state index contributed by atoms with van der Waals surface area (Å²) in [4.78, 5) is 24.6. The first-order chi connectivity index (χ1) is 11.1. The number of hydrogen-bond donors (Lipinski definition) is 4. The summed E-state index contributed by atoms with van der Waals surface area (Å²) in [6.45, 7) is 0. The van der Waals surface area contributed by atoms with E-state index in [4.69, 9.17) is 5.84 Å². The van der Waals surface area contributed by atoms with Crippen molar-refractivity contribution in [2.75, 3.05) is 0 Å². The van der Waals surface area contributed by atoms with Gasteiger partial charge in [-0.1, -0.05) is 30.3 Å². The molecule has 0 bridgehead atoms. The lowest BCUT2D eigenvalue weighted by Gasteiger charge is -2.18. The van der Waals surface area contributed by atoms with Crippen molar-refractivity contribution in [1.29, 1.82) is 0 Å². The third-order valence-electron chi connectivity index (χ3n) is 4.14. The molecule has 1 aliphatic carbocycles. The minimum Gasteiger partial charge on any atom is -0.508 e. The Balaban J connectivity index is 1.86. The van der Waals surface area contributed by atoms with Gasteiger partial charge in [-0.2, -0.15) is 0 Å². The van der Waals surface area contributed by atoms with E-state index in [1.807, 2.05) is 12.1 Å². The zero-order valence-corrected chi connectivity index (χ0v) is 12.3. The molecule has 6 heteroatoms. The summed E-state index contributed by atoms with van der Waals surface area (Å²) in [5, 5.41) is 12.4. The maximum atomic E-state index is 12.4. The highest BCUT2D eigenvalue weighted by Gasteiger charge is 2.61. The van der Waals surface area contributed by atoms with Crippen LogP contribution in [-0.4, -0.2) is 22.5 Å². The number of nitrogens with one attached hydrogen (secondary N) is 2. The van der Waals surface area contributed by atoms with E-state index in [0.29, 0.717) is 12.0 Å². The van der Waals surface area contributed by atoms with Gasteiger partial charge >= 0.3 is 0 Å². The largest absolute Gasteiger partial charge is 0.508 e. The molecule has 1 fully saturated rings. The Morgan fingerprint density at radius 2 is 1.87 bits per heavy atom. The predicted molar refractivity (Wildman–Crippen MR) is 84.4 cm³/mol. The quantitative estimate of drug-likeness (QED) is 0.385. The topological polar surface area (TPSA) is 104 Å². The van der Waals surface area contributed by atoms with Crippen molar-refractivity contribution in [2.45, 2.75) is 17.9 Å². The molecule has 6 nitrogen and oxygen atoms in total. The number of rotatable bonds is 4. The van der Waals surface area contributed by atoms with Crippen LogP contribution in [0.15, 0.2) is 54.6 Å². The molecule has 1 unspecified atom stereocenters. The van der Waals surface area contributed by atoms with Gasteiger partial charge in [-0.3, -0.25) is 15.0 Å². The lowest BCUT2D eigenvalue weighted by Crippen LogP contribution is -2.52. The van der Waals surface area contributed by atoms with Crippen molar-refractivity contribution in [3.05, 3.63) is 65.7 Å². The average molecular weight is 311 g/mol. The maximum absolute atomic E-state index is 12.4. The normalized spacial score (nSPS) is 22.2. The third-order valence-corrected chi connectivity index (χ3v) is 4.14. The highest BCUT2D eigenvalue weighted by atomic mass is 16.3. The molecule has 0 radical (unpaired) electrons. The van der Waals surface area contributed by atoms with Crippen molar-refractivity contribution in [3.8, 4) is 5.75 Å².